The van der Waals surface area contributed by atoms with E-state index < -0.39 is 0 Å². The van der Waals surface area contributed by atoms with Gasteiger partial charge in [0.05, 0.1) is 0 Å². The second kappa shape index (κ2) is 11.3. The number of ketones is 1. The number of rotatable bonds is 9. The van der Waals surface area contributed by atoms with E-state index >= 15 is 0 Å². The third-order valence-corrected chi connectivity index (χ3v) is 5.61. The van der Waals surface area contributed by atoms with Gasteiger partial charge >= 0.3 is 0 Å². The Morgan fingerprint density at radius 3 is 2.69 bits per heavy atom. The van der Waals surface area contributed by atoms with E-state index in [1.54, 1.807) is 0 Å². The molecular weight excluding hydrogens is 407 g/mol. The lowest BCUT2D eigenvalue weighted by Gasteiger charge is -2.18. The van der Waals surface area contributed by atoms with Gasteiger partial charge in [-0.25, -0.2) is 0 Å². The first-order chi connectivity index (χ1) is 13.5. The summed E-state index contributed by atoms with van der Waals surface area (Å²) < 4.78 is 0. The second-order valence-corrected chi connectivity index (χ2v) is 7.85. The lowest BCUT2D eigenvalue weighted by Crippen LogP contribution is -2.22. The molecule has 2 aromatic rings. The highest BCUT2D eigenvalue weighted by Gasteiger charge is 2.16. The number of hydrogen-bond acceptors (Lipinski definition) is 3. The van der Waals surface area contributed by atoms with Crippen LogP contribution in [0.2, 0.25) is 5.02 Å². The summed E-state index contributed by atoms with van der Waals surface area (Å²) in [7, 11) is 2.11. The molecule has 0 aromatic heterocycles. The van der Waals surface area contributed by atoms with Crippen LogP contribution in [0, 0.1) is 0 Å². The van der Waals surface area contributed by atoms with Crippen molar-refractivity contribution in [3.63, 3.8) is 0 Å². The molecule has 1 aliphatic heterocycles. The van der Waals surface area contributed by atoms with Crippen molar-refractivity contribution in [1.29, 1.82) is 0 Å². The number of carbonyl (C=O) groups excluding carboxylic acids is 2. The van der Waals surface area contributed by atoms with Crippen LogP contribution in [0.3, 0.4) is 0 Å². The molecular formula is C23H28Cl2N2O2. The fraction of sp³-hybridized carbons (Fsp3) is 0.391. The number of Topliss-reactive ketones (excluding diaryl/α,β-unsaturated/α-hetero) is 1. The normalized spacial score (nSPS) is 12.9. The van der Waals surface area contributed by atoms with Crippen LogP contribution in [0.25, 0.3) is 0 Å². The van der Waals surface area contributed by atoms with Crippen molar-refractivity contribution in [2.45, 2.75) is 38.5 Å². The van der Waals surface area contributed by atoms with Gasteiger partial charge in [-0.3, -0.25) is 9.59 Å². The molecule has 0 bridgehead atoms. The smallest absolute Gasteiger partial charge is 0.224 e. The minimum atomic E-state index is 0. The van der Waals surface area contributed by atoms with Gasteiger partial charge in [0.15, 0.2) is 5.78 Å². The van der Waals surface area contributed by atoms with Crippen molar-refractivity contribution in [3.05, 3.63) is 64.2 Å². The van der Waals surface area contributed by atoms with Gasteiger partial charge in [-0.2, -0.15) is 0 Å². The van der Waals surface area contributed by atoms with Crippen LogP contribution >= 0.6 is 24.0 Å². The van der Waals surface area contributed by atoms with Crippen LogP contribution < -0.4 is 5.32 Å². The number of nitrogens with one attached hydrogen (secondary N) is 1. The zero-order valence-corrected chi connectivity index (χ0v) is 18.3. The summed E-state index contributed by atoms with van der Waals surface area (Å²) in [5, 5.41) is 3.68. The Morgan fingerprint density at radius 2 is 1.90 bits per heavy atom. The summed E-state index contributed by atoms with van der Waals surface area (Å²) in [4.78, 5) is 26.2. The lowest BCUT2D eigenvalue weighted by atomic mass is 9.97. The number of anilines is 1. The highest BCUT2D eigenvalue weighted by Crippen LogP contribution is 2.24. The highest BCUT2D eigenvalue weighted by atomic mass is 35.5. The molecule has 3 rings (SSSR count). The lowest BCUT2D eigenvalue weighted by molar-refractivity contribution is -0.116. The molecule has 0 aliphatic carbocycles. The van der Waals surface area contributed by atoms with E-state index in [1.165, 1.54) is 5.56 Å². The maximum Gasteiger partial charge on any atom is 0.224 e. The molecule has 0 saturated heterocycles. The number of unbranched alkanes of at least 4 members (excludes halogenated alkanes) is 1. The SMILES string of the molecule is CN(CCCCC(=O)c1ccc2c(c1)CCC(=O)N2)CCc1ccccc1Cl.Cl. The van der Waals surface area contributed by atoms with Crippen molar-refractivity contribution >= 4 is 41.4 Å². The van der Waals surface area contributed by atoms with Crippen molar-refractivity contribution < 1.29 is 9.59 Å². The maximum absolute atomic E-state index is 12.5. The van der Waals surface area contributed by atoms with Gasteiger partial charge in [-0.15, -0.1) is 12.4 Å². The van der Waals surface area contributed by atoms with Gasteiger partial charge in [-0.1, -0.05) is 29.8 Å². The van der Waals surface area contributed by atoms with Gasteiger partial charge in [0.25, 0.3) is 0 Å². The highest BCUT2D eigenvalue weighted by molar-refractivity contribution is 6.31. The molecule has 2 aromatic carbocycles. The summed E-state index contributed by atoms with van der Waals surface area (Å²) in [5.74, 6) is 0.226. The zero-order chi connectivity index (χ0) is 19.9. The standard InChI is InChI=1S/C23H27ClN2O2.ClH/c1-26(15-13-17-6-2-3-7-20(17)24)14-5-4-8-22(27)19-9-11-21-18(16-19)10-12-23(28)25-21;/h2-3,6-7,9,11,16H,4-5,8,10,12-15H2,1H3,(H,25,28);1H. The van der Waals surface area contributed by atoms with E-state index in [9.17, 15) is 9.59 Å². The molecule has 6 heteroatoms. The van der Waals surface area contributed by atoms with Crippen LogP contribution in [0.1, 0.15) is 47.2 Å². The van der Waals surface area contributed by atoms with E-state index in [0.29, 0.717) is 19.3 Å². The summed E-state index contributed by atoms with van der Waals surface area (Å²) in [5.41, 5.74) is 3.83. The topological polar surface area (TPSA) is 49.4 Å². The number of aryl methyl sites for hydroxylation is 1. The largest absolute Gasteiger partial charge is 0.326 e. The molecule has 0 saturated carbocycles. The maximum atomic E-state index is 12.5. The molecule has 1 amide bonds. The summed E-state index contributed by atoms with van der Waals surface area (Å²) in [6.07, 6.45) is 4.56. The second-order valence-electron chi connectivity index (χ2n) is 7.45. The summed E-state index contributed by atoms with van der Waals surface area (Å²) in [6, 6.07) is 13.6. The average molecular weight is 435 g/mol. The number of carbonyl (C=O) groups is 2. The monoisotopic (exact) mass is 434 g/mol. The zero-order valence-electron chi connectivity index (χ0n) is 16.7. The molecule has 0 fully saturated rings. The van der Waals surface area contributed by atoms with Crippen LogP contribution in [-0.4, -0.2) is 36.7 Å². The van der Waals surface area contributed by atoms with Gasteiger partial charge < -0.3 is 10.2 Å². The van der Waals surface area contributed by atoms with E-state index in [0.717, 1.165) is 54.2 Å². The molecule has 0 unspecified atom stereocenters. The number of hydrogen-bond donors (Lipinski definition) is 1. The first kappa shape index (κ1) is 23.4. The van der Waals surface area contributed by atoms with Gasteiger partial charge in [-0.05, 0) is 74.7 Å². The predicted octanol–water partition coefficient (Wildman–Crippen LogP) is 5.17. The van der Waals surface area contributed by atoms with Crippen molar-refractivity contribution in [2.24, 2.45) is 0 Å². The van der Waals surface area contributed by atoms with Gasteiger partial charge in [0.1, 0.15) is 0 Å². The Labute approximate surface area is 184 Å². The Kier molecular flexibility index (Phi) is 9.15. The first-order valence-corrected chi connectivity index (χ1v) is 10.3. The van der Waals surface area contributed by atoms with Gasteiger partial charge in [0.2, 0.25) is 5.91 Å². The number of fused-ring (bicyclic) bond motifs is 1. The Morgan fingerprint density at radius 1 is 1.10 bits per heavy atom. The minimum Gasteiger partial charge on any atom is -0.326 e. The number of likely N-dealkylation sites (N-methyl/N-ethyl adjacent to an activating group) is 1. The number of amides is 1. The predicted molar refractivity (Wildman–Crippen MR) is 121 cm³/mol. The minimum absolute atomic E-state index is 0. The van der Waals surface area contributed by atoms with Gasteiger partial charge in [0, 0.05) is 35.7 Å². The van der Waals surface area contributed by atoms with Crippen molar-refractivity contribution in [2.75, 3.05) is 25.5 Å². The third-order valence-electron chi connectivity index (χ3n) is 5.24. The summed E-state index contributed by atoms with van der Waals surface area (Å²) >= 11 is 6.20. The number of benzene rings is 2. The third kappa shape index (κ3) is 6.84. The summed E-state index contributed by atoms with van der Waals surface area (Å²) in [6.45, 7) is 1.92. The van der Waals surface area contributed by atoms with E-state index in [2.05, 4.69) is 23.3 Å². The Hall–Kier alpha value is -1.88. The van der Waals surface area contributed by atoms with E-state index in [4.69, 9.17) is 11.6 Å². The Balaban J connectivity index is 0.00000300. The molecule has 0 spiro atoms. The van der Waals surface area contributed by atoms with E-state index in [-0.39, 0.29) is 24.1 Å². The molecule has 29 heavy (non-hydrogen) atoms. The quantitative estimate of drug-likeness (QED) is 0.437. The average Bonchev–Trinajstić information content (AvgIpc) is 2.70. The molecule has 1 heterocycles. The van der Waals surface area contributed by atoms with Crippen LogP contribution in [0.4, 0.5) is 5.69 Å². The number of halogens is 2. The molecule has 0 atom stereocenters. The Bertz CT molecular complexity index is 855. The molecule has 1 N–H and O–H groups in total. The van der Waals surface area contributed by atoms with Crippen LogP contribution in [0.15, 0.2) is 42.5 Å². The first-order valence-electron chi connectivity index (χ1n) is 9.91. The molecule has 156 valence electrons. The molecule has 1 aliphatic rings. The molecule has 4 nitrogen and oxygen atoms in total. The fourth-order valence-corrected chi connectivity index (χ4v) is 3.72. The van der Waals surface area contributed by atoms with Crippen molar-refractivity contribution in [3.8, 4) is 0 Å². The fourth-order valence-electron chi connectivity index (χ4n) is 3.49. The van der Waals surface area contributed by atoms with Crippen LogP contribution in [0.5, 0.6) is 0 Å². The van der Waals surface area contributed by atoms with E-state index in [1.807, 2.05) is 36.4 Å². The van der Waals surface area contributed by atoms with Crippen LogP contribution in [-0.2, 0) is 17.6 Å². The van der Waals surface area contributed by atoms with Crippen molar-refractivity contribution in [1.82, 2.24) is 4.90 Å². The number of nitrogens with zero attached hydrogens (tertiary/aromatic N) is 1. The molecule has 0 radical (unpaired) electrons.